The van der Waals surface area contributed by atoms with Gasteiger partial charge in [0.2, 0.25) is 17.7 Å². The Morgan fingerprint density at radius 2 is 1.64 bits per heavy atom. The number of nitrogens with one attached hydrogen (secondary N) is 2. The first-order chi connectivity index (χ1) is 34.2. The lowest BCUT2D eigenvalue weighted by molar-refractivity contribution is -0.133. The second kappa shape index (κ2) is 19.3. The number of piperidine rings is 1. The second-order valence-electron chi connectivity index (χ2n) is 18.8. The summed E-state index contributed by atoms with van der Waals surface area (Å²) >= 11 is 0. The van der Waals surface area contributed by atoms with Gasteiger partial charge in [-0.05, 0) is 49.8 Å². The van der Waals surface area contributed by atoms with Crippen LogP contribution in [-0.4, -0.2) is 147 Å². The van der Waals surface area contributed by atoms with Gasteiger partial charge in [-0.25, -0.2) is 23.9 Å². The Hall–Kier alpha value is -7.21. The number of amides is 2. The van der Waals surface area contributed by atoms with Crippen molar-refractivity contribution in [1.29, 1.82) is 5.26 Å². The number of benzene rings is 1. The van der Waals surface area contributed by atoms with Crippen molar-refractivity contribution in [1.82, 2.24) is 49.5 Å². The zero-order chi connectivity index (χ0) is 47.9. The predicted molar refractivity (Wildman–Crippen MR) is 257 cm³/mol. The molecular formula is C50H55FN14O5. The predicted octanol–water partition coefficient (Wildman–Crippen LogP) is 4.69. The minimum atomic E-state index is -0.645. The van der Waals surface area contributed by atoms with E-state index >= 15 is 4.39 Å². The van der Waals surface area contributed by atoms with Crippen LogP contribution in [0.15, 0.2) is 73.6 Å². The Labute approximate surface area is 404 Å². The summed E-state index contributed by atoms with van der Waals surface area (Å²) in [5, 5.41) is 24.9. The number of hydrogen-bond donors (Lipinski definition) is 2. The number of pyridine rings is 2. The maximum Gasteiger partial charge on any atom is 0.249 e. The Kier molecular flexibility index (Phi) is 12.5. The quantitative estimate of drug-likeness (QED) is 0.160. The van der Waals surface area contributed by atoms with Crippen LogP contribution in [0.25, 0.3) is 28.0 Å². The Bertz CT molecular complexity index is 2910. The lowest BCUT2D eigenvalue weighted by Gasteiger charge is -2.50. The fraction of sp³-hybridized carbons (Fsp3) is 0.440. The summed E-state index contributed by atoms with van der Waals surface area (Å²) in [4.78, 5) is 47.9. The molecule has 3 unspecified atom stereocenters. The lowest BCUT2D eigenvalue weighted by atomic mass is 9.90. The number of carbonyl (C=O) groups is 2. The summed E-state index contributed by atoms with van der Waals surface area (Å²) in [5.74, 6) is 0.803. The van der Waals surface area contributed by atoms with Crippen LogP contribution in [-0.2, 0) is 20.9 Å². The molecule has 5 fully saturated rings. The number of halogens is 1. The SMILES string of the molecule is COc1ccc(CN2C3COCC2CN(c2ccc(-c4nc(-c5cnn(C6CCC(N7CCN(c8cc(OC)c(NC9CCC(=O)NC9=O)cc8F)CC7)CC6)c5)cn5ncc(C#N)c45)cn2)C3)cn1. The number of aromatic nitrogens is 7. The summed E-state index contributed by atoms with van der Waals surface area (Å²) in [6.07, 6.45) is 15.6. The third-order valence-electron chi connectivity index (χ3n) is 14.7. The molecule has 2 amide bonds. The molecule has 2 N–H and O–H groups in total. The Morgan fingerprint density at radius 1 is 0.843 bits per heavy atom. The summed E-state index contributed by atoms with van der Waals surface area (Å²) in [6, 6.07) is 13.8. The van der Waals surface area contributed by atoms with E-state index in [4.69, 9.17) is 29.3 Å². The number of fused-ring (bicyclic) bond motifs is 3. The summed E-state index contributed by atoms with van der Waals surface area (Å²) in [6.45, 7) is 6.61. The molecule has 70 heavy (non-hydrogen) atoms. The second-order valence-corrected chi connectivity index (χ2v) is 18.8. The molecule has 1 aromatic carbocycles. The first-order valence-corrected chi connectivity index (χ1v) is 24.1. The highest BCUT2D eigenvalue weighted by Crippen LogP contribution is 2.37. The van der Waals surface area contributed by atoms with Gasteiger partial charge in [-0.2, -0.15) is 15.5 Å². The molecule has 2 bridgehead atoms. The highest BCUT2D eigenvalue weighted by molar-refractivity contribution is 6.01. The Morgan fingerprint density at radius 3 is 2.34 bits per heavy atom. The van der Waals surface area contributed by atoms with E-state index in [1.54, 1.807) is 23.9 Å². The van der Waals surface area contributed by atoms with Crippen molar-refractivity contribution in [3.63, 3.8) is 0 Å². The Balaban J connectivity index is 0.724. The highest BCUT2D eigenvalue weighted by atomic mass is 19.1. The van der Waals surface area contributed by atoms with E-state index in [0.717, 1.165) is 80.9 Å². The summed E-state index contributed by atoms with van der Waals surface area (Å²) in [7, 11) is 3.15. The number of methoxy groups -OCH3 is 2. The molecule has 0 radical (unpaired) electrons. The molecule has 5 aromatic heterocycles. The fourth-order valence-electron chi connectivity index (χ4n) is 10.9. The number of piperazine rings is 2. The van der Waals surface area contributed by atoms with Crippen LogP contribution in [0.5, 0.6) is 11.6 Å². The van der Waals surface area contributed by atoms with Crippen LogP contribution in [0, 0.1) is 17.1 Å². The van der Waals surface area contributed by atoms with Gasteiger partial charge in [0.15, 0.2) is 0 Å². The minimum Gasteiger partial charge on any atom is -0.495 e. The van der Waals surface area contributed by atoms with E-state index in [2.05, 4.69) is 63.3 Å². The average Bonchev–Trinajstić information content (AvgIpc) is 4.06. The van der Waals surface area contributed by atoms with Gasteiger partial charge in [0.05, 0.1) is 86.9 Å². The molecule has 1 aliphatic carbocycles. The van der Waals surface area contributed by atoms with Gasteiger partial charge < -0.3 is 29.3 Å². The van der Waals surface area contributed by atoms with Gasteiger partial charge in [-0.1, -0.05) is 6.07 Å². The first kappa shape index (κ1) is 45.2. The van der Waals surface area contributed by atoms with Gasteiger partial charge in [-0.15, -0.1) is 0 Å². The number of rotatable bonds is 12. The van der Waals surface area contributed by atoms with Crippen molar-refractivity contribution >= 4 is 34.5 Å². The minimum absolute atomic E-state index is 0.201. The van der Waals surface area contributed by atoms with Crippen LogP contribution in [0.3, 0.4) is 0 Å². The molecule has 19 nitrogen and oxygen atoms in total. The molecule has 3 atom stereocenters. The molecule has 1 saturated carbocycles. The van der Waals surface area contributed by atoms with Crippen molar-refractivity contribution < 1.29 is 28.2 Å². The fourth-order valence-corrected chi connectivity index (χ4v) is 10.9. The van der Waals surface area contributed by atoms with Crippen LogP contribution in [0.4, 0.5) is 21.6 Å². The highest BCUT2D eigenvalue weighted by Gasteiger charge is 2.39. The third kappa shape index (κ3) is 8.95. The zero-order valence-corrected chi connectivity index (χ0v) is 39.2. The molecule has 20 heteroatoms. The number of morpholine rings is 1. The molecule has 6 aromatic rings. The normalized spacial score (nSPS) is 23.3. The zero-order valence-electron chi connectivity index (χ0n) is 39.2. The van der Waals surface area contributed by atoms with Gasteiger partial charge in [-0.3, -0.25) is 29.4 Å². The monoisotopic (exact) mass is 950 g/mol. The van der Waals surface area contributed by atoms with Gasteiger partial charge in [0, 0.05) is 106 Å². The molecule has 4 aliphatic heterocycles. The van der Waals surface area contributed by atoms with E-state index < -0.39 is 17.8 Å². The van der Waals surface area contributed by atoms with E-state index in [1.807, 2.05) is 43.0 Å². The van der Waals surface area contributed by atoms with Gasteiger partial charge in [0.1, 0.15) is 40.6 Å². The maximum atomic E-state index is 15.6. The van der Waals surface area contributed by atoms with Gasteiger partial charge in [0.25, 0.3) is 0 Å². The number of nitriles is 1. The maximum absolute atomic E-state index is 15.6. The number of hydrogen-bond acceptors (Lipinski definition) is 16. The summed E-state index contributed by atoms with van der Waals surface area (Å²) < 4.78 is 36.3. The molecule has 0 spiro atoms. The number of nitrogens with zero attached hydrogens (tertiary/aromatic N) is 12. The van der Waals surface area contributed by atoms with Crippen molar-refractivity contribution in [2.45, 2.75) is 75.3 Å². The lowest BCUT2D eigenvalue weighted by Crippen LogP contribution is -2.64. The molecule has 362 valence electrons. The van der Waals surface area contributed by atoms with E-state index in [0.29, 0.717) is 84.2 Å². The standard InChI is InChI=1S/C50H55FN14O5/c1-68-44-18-43(39(51)17-41(44)57-40-9-11-46(66)59-50(40)67)61-15-13-60(14-16-61)35-5-7-36(8-6-35)64-25-34(23-55-64)42-28-65-49(33(19-52)22-56-65)48(58-42)32-4-10-45(53-21-32)62-26-37-29-70-30-38(27-62)63(37)24-31-3-12-47(69-2)54-20-31/h3-4,10,12,17-18,20-23,25,28,35-38,40,57H,5-9,11,13-16,24,26-27,29-30H2,1-2H3,(H,59,66,67). The number of anilines is 3. The van der Waals surface area contributed by atoms with Crippen molar-refractivity contribution in [3.05, 3.63) is 90.5 Å². The average molecular weight is 951 g/mol. The number of ether oxygens (including phenoxy) is 3. The van der Waals surface area contributed by atoms with Crippen LogP contribution >= 0.6 is 0 Å². The molecule has 5 aliphatic rings. The molecular weight excluding hydrogens is 896 g/mol. The molecule has 4 saturated heterocycles. The van der Waals surface area contributed by atoms with Gasteiger partial charge >= 0.3 is 0 Å². The van der Waals surface area contributed by atoms with Crippen LogP contribution in [0.1, 0.15) is 55.7 Å². The van der Waals surface area contributed by atoms with Crippen molar-refractivity contribution in [2.24, 2.45) is 0 Å². The number of imide groups is 1. The summed E-state index contributed by atoms with van der Waals surface area (Å²) in [5.41, 5.74) is 6.02. The van der Waals surface area contributed by atoms with Crippen molar-refractivity contribution in [3.8, 4) is 40.2 Å². The van der Waals surface area contributed by atoms with E-state index in [9.17, 15) is 14.9 Å². The topological polar surface area (TPSA) is 196 Å². The largest absolute Gasteiger partial charge is 0.495 e. The number of carbonyl (C=O) groups excluding carboxylic acids is 2. The molecule has 9 heterocycles. The first-order valence-electron chi connectivity index (χ1n) is 24.1. The van der Waals surface area contributed by atoms with Crippen LogP contribution in [0.2, 0.25) is 0 Å². The van der Waals surface area contributed by atoms with E-state index in [-0.39, 0.29) is 30.5 Å². The van der Waals surface area contributed by atoms with Crippen LogP contribution < -0.4 is 29.9 Å². The smallest absolute Gasteiger partial charge is 0.249 e. The molecule has 11 rings (SSSR count). The third-order valence-corrected chi connectivity index (χ3v) is 14.7. The van der Waals surface area contributed by atoms with Crippen molar-refractivity contribution in [2.75, 3.05) is 81.8 Å². The van der Waals surface area contributed by atoms with E-state index in [1.165, 1.54) is 13.2 Å².